The second kappa shape index (κ2) is 5.38. The van der Waals surface area contributed by atoms with Crippen LogP contribution in [0.3, 0.4) is 0 Å². The molecule has 0 saturated heterocycles. The summed E-state index contributed by atoms with van der Waals surface area (Å²) in [7, 11) is 0. The molecular formula is C14H13ClFNO. The summed E-state index contributed by atoms with van der Waals surface area (Å²) in [5, 5.41) is 10.1. The van der Waals surface area contributed by atoms with E-state index in [9.17, 15) is 9.50 Å². The van der Waals surface area contributed by atoms with E-state index in [2.05, 4.69) is 0 Å². The highest BCUT2D eigenvalue weighted by atomic mass is 35.5. The summed E-state index contributed by atoms with van der Waals surface area (Å²) in [4.78, 5) is 0. The fraction of sp³-hybridized carbons (Fsp3) is 0.143. The Balaban J connectivity index is 2.13. The number of rotatable bonds is 3. The molecule has 2 aromatic rings. The number of benzene rings is 2. The Labute approximate surface area is 110 Å². The van der Waals surface area contributed by atoms with E-state index in [1.54, 1.807) is 30.3 Å². The molecule has 0 aromatic heterocycles. The lowest BCUT2D eigenvalue weighted by Crippen LogP contribution is -2.02. The highest BCUT2D eigenvalue weighted by Gasteiger charge is 2.09. The molecule has 0 fully saturated rings. The minimum Gasteiger partial charge on any atom is -0.399 e. The van der Waals surface area contributed by atoms with Crippen molar-refractivity contribution in [1.82, 2.24) is 0 Å². The van der Waals surface area contributed by atoms with Gasteiger partial charge in [0.15, 0.2) is 0 Å². The molecule has 94 valence electrons. The first-order valence-electron chi connectivity index (χ1n) is 5.53. The molecule has 0 heterocycles. The van der Waals surface area contributed by atoms with Crippen molar-refractivity contribution in [3.8, 4) is 0 Å². The van der Waals surface area contributed by atoms with Gasteiger partial charge in [-0.05, 0) is 35.4 Å². The molecule has 0 aliphatic rings. The molecule has 1 unspecified atom stereocenters. The third kappa shape index (κ3) is 3.00. The third-order valence-corrected chi connectivity index (χ3v) is 3.02. The normalized spacial score (nSPS) is 12.4. The van der Waals surface area contributed by atoms with Gasteiger partial charge in [-0.15, -0.1) is 0 Å². The van der Waals surface area contributed by atoms with Crippen LogP contribution in [0, 0.1) is 5.82 Å². The fourth-order valence-corrected chi connectivity index (χ4v) is 1.93. The van der Waals surface area contributed by atoms with Crippen LogP contribution in [0.1, 0.15) is 17.2 Å². The average Bonchev–Trinajstić information content (AvgIpc) is 2.34. The van der Waals surface area contributed by atoms with Crippen LogP contribution in [0.5, 0.6) is 0 Å². The molecule has 18 heavy (non-hydrogen) atoms. The topological polar surface area (TPSA) is 46.2 Å². The van der Waals surface area contributed by atoms with Crippen molar-refractivity contribution in [3.05, 3.63) is 64.4 Å². The predicted octanol–water partition coefficient (Wildman–Crippen LogP) is 3.34. The SMILES string of the molecule is Nc1ccc(C(O)Cc2ccc(F)c(Cl)c2)cc1. The maximum atomic E-state index is 13.0. The molecule has 0 bridgehead atoms. The standard InChI is InChI=1S/C14H13ClFNO/c15-12-7-9(1-6-13(12)16)8-14(18)10-2-4-11(17)5-3-10/h1-7,14,18H,8,17H2. The quantitative estimate of drug-likeness (QED) is 0.836. The summed E-state index contributed by atoms with van der Waals surface area (Å²) in [6.07, 6.45) is -0.281. The van der Waals surface area contributed by atoms with Gasteiger partial charge < -0.3 is 10.8 Å². The van der Waals surface area contributed by atoms with Crippen molar-refractivity contribution in [3.63, 3.8) is 0 Å². The minimum atomic E-state index is -0.660. The van der Waals surface area contributed by atoms with E-state index in [0.717, 1.165) is 11.1 Å². The molecule has 3 N–H and O–H groups in total. The largest absolute Gasteiger partial charge is 0.399 e. The summed E-state index contributed by atoms with van der Waals surface area (Å²) in [6, 6.07) is 11.4. The number of hydrogen-bond donors (Lipinski definition) is 2. The number of nitrogens with two attached hydrogens (primary N) is 1. The van der Waals surface area contributed by atoms with Gasteiger partial charge in [-0.1, -0.05) is 29.8 Å². The Morgan fingerprint density at radius 2 is 1.83 bits per heavy atom. The molecule has 0 aliphatic carbocycles. The van der Waals surface area contributed by atoms with Crippen LogP contribution >= 0.6 is 11.6 Å². The van der Waals surface area contributed by atoms with Gasteiger partial charge in [0.2, 0.25) is 0 Å². The fourth-order valence-electron chi connectivity index (χ4n) is 1.73. The number of hydrogen-bond acceptors (Lipinski definition) is 2. The van der Waals surface area contributed by atoms with Crippen molar-refractivity contribution in [2.24, 2.45) is 0 Å². The third-order valence-electron chi connectivity index (χ3n) is 2.73. The Kier molecular flexibility index (Phi) is 3.84. The monoisotopic (exact) mass is 265 g/mol. The molecule has 2 rings (SSSR count). The van der Waals surface area contributed by atoms with Gasteiger partial charge in [0.05, 0.1) is 11.1 Å². The Bertz CT molecular complexity index is 542. The molecule has 0 aliphatic heterocycles. The first kappa shape index (κ1) is 12.9. The highest BCUT2D eigenvalue weighted by molar-refractivity contribution is 6.30. The summed E-state index contributed by atoms with van der Waals surface area (Å²) in [5.74, 6) is -0.456. The Hall–Kier alpha value is -1.58. The minimum absolute atomic E-state index is 0.0667. The summed E-state index contributed by atoms with van der Waals surface area (Å²) in [6.45, 7) is 0. The van der Waals surface area contributed by atoms with E-state index in [0.29, 0.717) is 12.1 Å². The number of halogens is 2. The molecule has 1 atom stereocenters. The summed E-state index contributed by atoms with van der Waals surface area (Å²) >= 11 is 5.69. The zero-order chi connectivity index (χ0) is 13.1. The van der Waals surface area contributed by atoms with Gasteiger partial charge in [0.1, 0.15) is 5.82 Å². The van der Waals surface area contributed by atoms with Crippen LogP contribution in [0.4, 0.5) is 10.1 Å². The van der Waals surface area contributed by atoms with Gasteiger partial charge in [-0.25, -0.2) is 4.39 Å². The maximum absolute atomic E-state index is 13.0. The number of anilines is 1. The van der Waals surface area contributed by atoms with E-state index in [1.807, 2.05) is 0 Å². The number of aliphatic hydroxyl groups is 1. The smallest absolute Gasteiger partial charge is 0.141 e. The van der Waals surface area contributed by atoms with Gasteiger partial charge in [-0.2, -0.15) is 0 Å². The molecule has 2 aromatic carbocycles. The van der Waals surface area contributed by atoms with Crippen molar-refractivity contribution >= 4 is 17.3 Å². The van der Waals surface area contributed by atoms with E-state index >= 15 is 0 Å². The van der Waals surface area contributed by atoms with Crippen LogP contribution in [0.25, 0.3) is 0 Å². The maximum Gasteiger partial charge on any atom is 0.141 e. The molecule has 0 radical (unpaired) electrons. The van der Waals surface area contributed by atoms with Crippen LogP contribution in [-0.4, -0.2) is 5.11 Å². The van der Waals surface area contributed by atoms with E-state index in [1.165, 1.54) is 12.1 Å². The van der Waals surface area contributed by atoms with Crippen LogP contribution in [0.15, 0.2) is 42.5 Å². The lowest BCUT2D eigenvalue weighted by molar-refractivity contribution is 0.178. The first-order valence-corrected chi connectivity index (χ1v) is 5.91. The highest BCUT2D eigenvalue weighted by Crippen LogP contribution is 2.22. The average molecular weight is 266 g/mol. The first-order chi connectivity index (χ1) is 8.56. The van der Waals surface area contributed by atoms with E-state index < -0.39 is 11.9 Å². The molecule has 2 nitrogen and oxygen atoms in total. The lowest BCUT2D eigenvalue weighted by Gasteiger charge is -2.11. The second-order valence-corrected chi connectivity index (χ2v) is 4.54. The number of nitrogen functional groups attached to an aromatic ring is 1. The predicted molar refractivity (Wildman–Crippen MR) is 70.9 cm³/mol. The molecule has 0 amide bonds. The van der Waals surface area contributed by atoms with E-state index in [4.69, 9.17) is 17.3 Å². The Morgan fingerprint density at radius 1 is 1.17 bits per heavy atom. The second-order valence-electron chi connectivity index (χ2n) is 4.14. The van der Waals surface area contributed by atoms with Crippen molar-refractivity contribution in [2.75, 3.05) is 5.73 Å². The van der Waals surface area contributed by atoms with Gasteiger partial charge in [0.25, 0.3) is 0 Å². The molecular weight excluding hydrogens is 253 g/mol. The number of aliphatic hydroxyl groups excluding tert-OH is 1. The van der Waals surface area contributed by atoms with Crippen molar-refractivity contribution < 1.29 is 9.50 Å². The summed E-state index contributed by atoms with van der Waals surface area (Å²) < 4.78 is 13.0. The molecule has 0 spiro atoms. The zero-order valence-electron chi connectivity index (χ0n) is 9.61. The van der Waals surface area contributed by atoms with Gasteiger partial charge in [0, 0.05) is 12.1 Å². The van der Waals surface area contributed by atoms with Gasteiger partial charge >= 0.3 is 0 Å². The molecule has 0 saturated carbocycles. The van der Waals surface area contributed by atoms with E-state index in [-0.39, 0.29) is 5.02 Å². The van der Waals surface area contributed by atoms with Gasteiger partial charge in [-0.3, -0.25) is 0 Å². The lowest BCUT2D eigenvalue weighted by atomic mass is 10.0. The van der Waals surface area contributed by atoms with Crippen molar-refractivity contribution in [1.29, 1.82) is 0 Å². The van der Waals surface area contributed by atoms with Crippen LogP contribution in [0.2, 0.25) is 5.02 Å². The summed E-state index contributed by atoms with van der Waals surface area (Å²) in [5.41, 5.74) is 7.78. The zero-order valence-corrected chi connectivity index (χ0v) is 10.4. The Morgan fingerprint density at radius 3 is 2.44 bits per heavy atom. The van der Waals surface area contributed by atoms with Crippen molar-refractivity contribution in [2.45, 2.75) is 12.5 Å². The molecule has 4 heteroatoms. The van der Waals surface area contributed by atoms with Crippen LogP contribution < -0.4 is 5.73 Å². The van der Waals surface area contributed by atoms with Crippen LogP contribution in [-0.2, 0) is 6.42 Å².